The van der Waals surface area contributed by atoms with E-state index in [1.165, 1.54) is 0 Å². The average molecular weight is 235 g/mol. The number of hydrogen-bond donors (Lipinski definition) is 2. The molecule has 0 saturated heterocycles. The van der Waals surface area contributed by atoms with Crippen LogP contribution in [0.5, 0.6) is 0 Å². The van der Waals surface area contributed by atoms with Crippen molar-refractivity contribution in [2.24, 2.45) is 0 Å². The first kappa shape index (κ1) is 10.8. The van der Waals surface area contributed by atoms with Crippen LogP contribution in [-0.2, 0) is 0 Å². The summed E-state index contributed by atoms with van der Waals surface area (Å²) in [6, 6.07) is -1.70. The molecule has 1 aromatic heterocycles. The van der Waals surface area contributed by atoms with Crippen LogP contribution in [0.1, 0.15) is 23.0 Å². The van der Waals surface area contributed by atoms with Gasteiger partial charge in [0.25, 0.3) is 0 Å². The van der Waals surface area contributed by atoms with Gasteiger partial charge < -0.3 is 15.0 Å². The second kappa shape index (κ2) is 3.39. The summed E-state index contributed by atoms with van der Waals surface area (Å²) in [5, 5.41) is 11.3. The summed E-state index contributed by atoms with van der Waals surface area (Å²) < 4.78 is 38.6. The van der Waals surface area contributed by atoms with E-state index in [1.807, 2.05) is 0 Å². The van der Waals surface area contributed by atoms with Crippen molar-refractivity contribution in [2.45, 2.75) is 18.6 Å². The second-order valence-electron chi connectivity index (χ2n) is 3.44. The predicted octanol–water partition coefficient (Wildman–Crippen LogP) is 1.50. The number of carboxylic acids is 1. The number of anilines is 1. The van der Waals surface area contributed by atoms with Gasteiger partial charge >= 0.3 is 12.1 Å². The highest BCUT2D eigenvalue weighted by atomic mass is 19.4. The molecule has 0 amide bonds. The molecule has 1 atom stereocenters. The highest BCUT2D eigenvalue weighted by Gasteiger charge is 2.43. The monoisotopic (exact) mass is 235 g/mol. The maximum atomic E-state index is 12.6. The Morgan fingerprint density at radius 1 is 1.62 bits per heavy atom. The SMILES string of the molecule is O=C(O)c1cn2c(n1)NCC[C@H]2C(F)(F)F. The Hall–Kier alpha value is -1.73. The van der Waals surface area contributed by atoms with Crippen LogP contribution in [0.2, 0.25) is 0 Å². The lowest BCUT2D eigenvalue weighted by Crippen LogP contribution is -2.33. The van der Waals surface area contributed by atoms with Crippen molar-refractivity contribution in [1.29, 1.82) is 0 Å². The molecule has 0 spiro atoms. The molecule has 5 nitrogen and oxygen atoms in total. The first-order chi connectivity index (χ1) is 7.39. The minimum atomic E-state index is -4.40. The number of hydrogen-bond acceptors (Lipinski definition) is 3. The molecule has 0 bridgehead atoms. The molecule has 0 saturated carbocycles. The van der Waals surface area contributed by atoms with Crippen molar-refractivity contribution in [3.8, 4) is 0 Å². The van der Waals surface area contributed by atoms with E-state index in [1.54, 1.807) is 0 Å². The van der Waals surface area contributed by atoms with E-state index in [0.717, 1.165) is 10.8 Å². The molecule has 0 aliphatic carbocycles. The van der Waals surface area contributed by atoms with Gasteiger partial charge in [0.1, 0.15) is 6.04 Å². The quantitative estimate of drug-likeness (QED) is 0.774. The van der Waals surface area contributed by atoms with Gasteiger partial charge in [-0.3, -0.25) is 0 Å². The standard InChI is InChI=1S/C8H8F3N3O2/c9-8(10,11)5-1-2-12-7-13-4(6(15)16)3-14(5)7/h3,5H,1-2H2,(H,12,13)(H,15,16)/t5-/m0/s1. The van der Waals surface area contributed by atoms with E-state index in [4.69, 9.17) is 5.11 Å². The number of carboxylic acid groups (broad SMARTS) is 1. The van der Waals surface area contributed by atoms with E-state index in [-0.39, 0.29) is 18.9 Å². The molecule has 2 N–H and O–H groups in total. The van der Waals surface area contributed by atoms with Crippen LogP contribution < -0.4 is 5.32 Å². The zero-order chi connectivity index (χ0) is 11.9. The molecule has 2 heterocycles. The Kier molecular flexibility index (Phi) is 2.28. The number of carbonyl (C=O) groups is 1. The molecular weight excluding hydrogens is 227 g/mol. The Labute approximate surface area is 87.9 Å². The zero-order valence-corrected chi connectivity index (χ0v) is 7.95. The molecule has 1 aliphatic heterocycles. The van der Waals surface area contributed by atoms with Gasteiger partial charge in [0.05, 0.1) is 0 Å². The molecule has 1 aliphatic rings. The third-order valence-corrected chi connectivity index (χ3v) is 2.37. The largest absolute Gasteiger partial charge is 0.476 e. The van der Waals surface area contributed by atoms with E-state index < -0.39 is 23.9 Å². The zero-order valence-electron chi connectivity index (χ0n) is 7.95. The summed E-state index contributed by atoms with van der Waals surface area (Å²) in [6.07, 6.45) is -3.62. The maximum Gasteiger partial charge on any atom is 0.409 e. The second-order valence-corrected chi connectivity index (χ2v) is 3.44. The number of aromatic carboxylic acids is 1. The van der Waals surface area contributed by atoms with Gasteiger partial charge in [-0.15, -0.1) is 0 Å². The fourth-order valence-electron chi connectivity index (χ4n) is 1.65. The van der Waals surface area contributed by atoms with Crippen LogP contribution in [0, 0.1) is 0 Å². The highest BCUT2D eigenvalue weighted by Crippen LogP contribution is 2.37. The summed E-state index contributed by atoms with van der Waals surface area (Å²) in [7, 11) is 0. The van der Waals surface area contributed by atoms with Crippen LogP contribution in [0.15, 0.2) is 6.20 Å². The minimum Gasteiger partial charge on any atom is -0.476 e. The number of halogens is 3. The van der Waals surface area contributed by atoms with E-state index in [2.05, 4.69) is 10.3 Å². The van der Waals surface area contributed by atoms with Gasteiger partial charge in [0.15, 0.2) is 5.69 Å². The summed E-state index contributed by atoms with van der Waals surface area (Å²) in [6.45, 7) is 0.125. The van der Waals surface area contributed by atoms with Gasteiger partial charge in [0, 0.05) is 12.7 Å². The van der Waals surface area contributed by atoms with Crippen LogP contribution in [-0.4, -0.2) is 33.3 Å². The van der Waals surface area contributed by atoms with Gasteiger partial charge in [-0.1, -0.05) is 0 Å². The fraction of sp³-hybridized carbons (Fsp3) is 0.500. The van der Waals surface area contributed by atoms with Crippen LogP contribution >= 0.6 is 0 Å². The van der Waals surface area contributed by atoms with E-state index in [9.17, 15) is 18.0 Å². The average Bonchev–Trinajstić information content (AvgIpc) is 2.58. The number of rotatable bonds is 1. The lowest BCUT2D eigenvalue weighted by atomic mass is 10.1. The smallest absolute Gasteiger partial charge is 0.409 e. The van der Waals surface area contributed by atoms with Crippen LogP contribution in [0.4, 0.5) is 19.1 Å². The summed E-state index contributed by atoms with van der Waals surface area (Å²) in [4.78, 5) is 14.2. The molecule has 2 rings (SSSR count). The summed E-state index contributed by atoms with van der Waals surface area (Å²) in [5.74, 6) is -1.39. The normalized spacial score (nSPS) is 20.1. The lowest BCUT2D eigenvalue weighted by molar-refractivity contribution is -0.169. The predicted molar refractivity (Wildman–Crippen MR) is 47.4 cm³/mol. The van der Waals surface area contributed by atoms with Crippen molar-refractivity contribution in [3.63, 3.8) is 0 Å². The number of nitrogens with zero attached hydrogens (tertiary/aromatic N) is 2. The van der Waals surface area contributed by atoms with Crippen LogP contribution in [0.3, 0.4) is 0 Å². The number of aromatic nitrogens is 2. The van der Waals surface area contributed by atoms with Gasteiger partial charge in [-0.05, 0) is 6.42 Å². The minimum absolute atomic E-state index is 0.0500. The Morgan fingerprint density at radius 3 is 2.88 bits per heavy atom. The molecule has 1 aromatic rings. The first-order valence-electron chi connectivity index (χ1n) is 4.52. The van der Waals surface area contributed by atoms with Crippen molar-refractivity contribution in [1.82, 2.24) is 9.55 Å². The Balaban J connectivity index is 2.42. The molecule has 8 heteroatoms. The fourth-order valence-corrected chi connectivity index (χ4v) is 1.65. The Bertz CT molecular complexity index is 427. The first-order valence-corrected chi connectivity index (χ1v) is 4.52. The Morgan fingerprint density at radius 2 is 2.31 bits per heavy atom. The molecule has 0 fully saturated rings. The number of imidazole rings is 1. The highest BCUT2D eigenvalue weighted by molar-refractivity contribution is 5.85. The number of fused-ring (bicyclic) bond motifs is 1. The van der Waals surface area contributed by atoms with Gasteiger partial charge in [-0.25, -0.2) is 9.78 Å². The lowest BCUT2D eigenvalue weighted by Gasteiger charge is -2.27. The molecule has 16 heavy (non-hydrogen) atoms. The van der Waals surface area contributed by atoms with Gasteiger partial charge in [0.2, 0.25) is 5.95 Å². The third-order valence-electron chi connectivity index (χ3n) is 2.37. The molecular formula is C8H8F3N3O2. The third kappa shape index (κ3) is 1.70. The van der Waals surface area contributed by atoms with E-state index >= 15 is 0 Å². The summed E-state index contributed by atoms with van der Waals surface area (Å²) in [5.41, 5.74) is -0.390. The maximum absolute atomic E-state index is 12.6. The molecule has 0 aromatic carbocycles. The number of nitrogens with one attached hydrogen (secondary N) is 1. The topological polar surface area (TPSA) is 67.1 Å². The molecule has 0 radical (unpaired) electrons. The molecule has 88 valence electrons. The van der Waals surface area contributed by atoms with Crippen molar-refractivity contribution >= 4 is 11.9 Å². The van der Waals surface area contributed by atoms with Gasteiger partial charge in [-0.2, -0.15) is 13.2 Å². The van der Waals surface area contributed by atoms with Crippen LogP contribution in [0.25, 0.3) is 0 Å². The van der Waals surface area contributed by atoms with Crippen molar-refractivity contribution in [2.75, 3.05) is 11.9 Å². The van der Waals surface area contributed by atoms with E-state index in [0.29, 0.717) is 0 Å². The van der Waals surface area contributed by atoms with Crippen molar-refractivity contribution in [3.05, 3.63) is 11.9 Å². The number of alkyl halides is 3. The van der Waals surface area contributed by atoms with Crippen molar-refractivity contribution < 1.29 is 23.1 Å². The molecule has 0 unspecified atom stereocenters. The summed E-state index contributed by atoms with van der Waals surface area (Å²) >= 11 is 0.